The third-order valence-electron chi connectivity index (χ3n) is 6.67. The number of fused-ring (bicyclic) bond motifs is 5. The van der Waals surface area contributed by atoms with Crippen LogP contribution < -0.4 is 4.74 Å². The fourth-order valence-corrected chi connectivity index (χ4v) is 5.47. The summed E-state index contributed by atoms with van der Waals surface area (Å²) in [6.07, 6.45) is 4.11. The van der Waals surface area contributed by atoms with Crippen molar-refractivity contribution < 1.29 is 14.6 Å². The summed E-state index contributed by atoms with van der Waals surface area (Å²) < 4.78 is 5.35. The van der Waals surface area contributed by atoms with Crippen LogP contribution >= 0.6 is 0 Å². The van der Waals surface area contributed by atoms with E-state index in [1.54, 1.807) is 7.11 Å². The third kappa shape index (κ3) is 1.81. The molecule has 0 radical (unpaired) electrons. The Morgan fingerprint density at radius 1 is 1.32 bits per heavy atom. The molecule has 3 nitrogen and oxygen atoms in total. The van der Waals surface area contributed by atoms with Crippen molar-refractivity contribution in [2.24, 2.45) is 17.3 Å². The topological polar surface area (TPSA) is 46.5 Å². The van der Waals surface area contributed by atoms with E-state index in [0.717, 1.165) is 31.4 Å². The lowest BCUT2D eigenvalue weighted by Gasteiger charge is -2.48. The zero-order valence-corrected chi connectivity index (χ0v) is 13.3. The number of hydrogen-bond donors (Lipinski definition) is 1. The first-order valence-electron chi connectivity index (χ1n) is 8.44. The molecule has 0 heterocycles. The molecule has 118 valence electrons. The van der Waals surface area contributed by atoms with Gasteiger partial charge >= 0.3 is 0 Å². The van der Waals surface area contributed by atoms with Gasteiger partial charge in [-0.05, 0) is 73.1 Å². The van der Waals surface area contributed by atoms with Gasteiger partial charge in [-0.3, -0.25) is 4.79 Å². The van der Waals surface area contributed by atoms with Gasteiger partial charge in [0.25, 0.3) is 0 Å². The van der Waals surface area contributed by atoms with Gasteiger partial charge in [-0.1, -0.05) is 13.0 Å². The molecule has 22 heavy (non-hydrogen) atoms. The zero-order chi connectivity index (χ0) is 15.5. The summed E-state index contributed by atoms with van der Waals surface area (Å²) in [7, 11) is 1.71. The number of ketones is 1. The van der Waals surface area contributed by atoms with E-state index in [1.807, 2.05) is 0 Å². The Balaban J connectivity index is 1.70. The maximum atomic E-state index is 12.4. The predicted molar refractivity (Wildman–Crippen MR) is 84.0 cm³/mol. The molecule has 1 N–H and O–H groups in total. The Morgan fingerprint density at radius 2 is 2.14 bits per heavy atom. The minimum Gasteiger partial charge on any atom is -0.497 e. The van der Waals surface area contributed by atoms with E-state index < -0.39 is 6.10 Å². The van der Waals surface area contributed by atoms with Crippen molar-refractivity contribution in [1.29, 1.82) is 0 Å². The minimum atomic E-state index is -0.731. The van der Waals surface area contributed by atoms with E-state index in [9.17, 15) is 9.90 Å². The molecule has 1 aromatic rings. The van der Waals surface area contributed by atoms with Crippen molar-refractivity contribution in [3.8, 4) is 5.75 Å². The van der Waals surface area contributed by atoms with Gasteiger partial charge in [0, 0.05) is 5.41 Å². The molecule has 0 amide bonds. The van der Waals surface area contributed by atoms with Crippen LogP contribution in [0.5, 0.6) is 5.75 Å². The average molecular weight is 300 g/mol. The van der Waals surface area contributed by atoms with Crippen molar-refractivity contribution in [3.63, 3.8) is 0 Å². The first kappa shape index (κ1) is 14.3. The Labute approximate surface area is 131 Å². The number of Topliss-reactive ketones (excluding diaryl/α,β-unsaturated/α-hetero) is 1. The van der Waals surface area contributed by atoms with Crippen molar-refractivity contribution in [1.82, 2.24) is 0 Å². The van der Waals surface area contributed by atoms with Gasteiger partial charge in [-0.2, -0.15) is 0 Å². The summed E-state index contributed by atoms with van der Waals surface area (Å²) in [5, 5.41) is 10.1. The first-order valence-corrected chi connectivity index (χ1v) is 8.44. The number of aliphatic hydroxyl groups is 1. The molecule has 0 saturated heterocycles. The van der Waals surface area contributed by atoms with Crippen LogP contribution in [-0.4, -0.2) is 24.1 Å². The standard InChI is InChI=1S/C19H24O3/c1-19-8-7-14-13-6-4-12(22-2)9-11(13)3-5-15(14)16(19)10-17(20)18(19)21/h4,6,9,14-17,20H,3,5,7-8,10H2,1-2H3/t14-,15-,16-,17-,19+/m1/s1. The second-order valence-corrected chi connectivity index (χ2v) is 7.55. The van der Waals surface area contributed by atoms with Gasteiger partial charge in [0.05, 0.1) is 7.11 Å². The number of rotatable bonds is 1. The van der Waals surface area contributed by atoms with Crippen LogP contribution in [0, 0.1) is 17.3 Å². The molecule has 2 fully saturated rings. The molecule has 5 atom stereocenters. The van der Waals surface area contributed by atoms with E-state index in [-0.39, 0.29) is 11.2 Å². The Bertz CT molecular complexity index is 623. The van der Waals surface area contributed by atoms with Gasteiger partial charge in [0.1, 0.15) is 11.9 Å². The molecule has 4 rings (SSSR count). The molecule has 0 spiro atoms. The molecule has 0 aromatic heterocycles. The summed E-state index contributed by atoms with van der Waals surface area (Å²) in [5.41, 5.74) is 2.58. The number of benzene rings is 1. The fourth-order valence-electron chi connectivity index (χ4n) is 5.47. The van der Waals surface area contributed by atoms with Crippen molar-refractivity contribution in [3.05, 3.63) is 29.3 Å². The van der Waals surface area contributed by atoms with E-state index in [0.29, 0.717) is 24.2 Å². The molecular formula is C19H24O3. The highest BCUT2D eigenvalue weighted by molar-refractivity contribution is 5.91. The lowest BCUT2D eigenvalue weighted by Crippen LogP contribution is -2.42. The van der Waals surface area contributed by atoms with Crippen molar-refractivity contribution >= 4 is 5.78 Å². The van der Waals surface area contributed by atoms with E-state index in [4.69, 9.17) is 4.74 Å². The molecule has 3 aliphatic carbocycles. The largest absolute Gasteiger partial charge is 0.497 e. The molecule has 0 unspecified atom stereocenters. The monoisotopic (exact) mass is 300 g/mol. The molecule has 3 heteroatoms. The van der Waals surface area contributed by atoms with Crippen LogP contribution in [0.25, 0.3) is 0 Å². The maximum absolute atomic E-state index is 12.4. The lowest BCUT2D eigenvalue weighted by atomic mass is 9.55. The number of hydrogen-bond acceptors (Lipinski definition) is 3. The molecule has 3 aliphatic rings. The van der Waals surface area contributed by atoms with Gasteiger partial charge in [-0.25, -0.2) is 0 Å². The van der Waals surface area contributed by atoms with Gasteiger partial charge in [0.15, 0.2) is 5.78 Å². The first-order chi connectivity index (χ1) is 10.5. The molecule has 0 aliphatic heterocycles. The van der Waals surface area contributed by atoms with Crippen LogP contribution in [-0.2, 0) is 11.2 Å². The summed E-state index contributed by atoms with van der Waals surface area (Å²) in [5.74, 6) is 2.47. The highest BCUT2D eigenvalue weighted by Crippen LogP contribution is 2.59. The van der Waals surface area contributed by atoms with E-state index in [1.165, 1.54) is 11.1 Å². The Hall–Kier alpha value is -1.35. The highest BCUT2D eigenvalue weighted by atomic mass is 16.5. The number of carbonyl (C=O) groups is 1. The normalized spacial score (nSPS) is 39.9. The van der Waals surface area contributed by atoms with Crippen LogP contribution in [0.15, 0.2) is 18.2 Å². The second-order valence-electron chi connectivity index (χ2n) is 7.55. The van der Waals surface area contributed by atoms with Gasteiger partial charge in [-0.15, -0.1) is 0 Å². The van der Waals surface area contributed by atoms with Crippen LogP contribution in [0.3, 0.4) is 0 Å². The van der Waals surface area contributed by atoms with Gasteiger partial charge in [0.2, 0.25) is 0 Å². The Morgan fingerprint density at radius 3 is 2.91 bits per heavy atom. The average Bonchev–Trinajstić information content (AvgIpc) is 2.77. The summed E-state index contributed by atoms with van der Waals surface area (Å²) in [4.78, 5) is 12.4. The quantitative estimate of drug-likeness (QED) is 0.867. The number of aryl methyl sites for hydroxylation is 1. The lowest BCUT2D eigenvalue weighted by molar-refractivity contribution is -0.134. The molecular weight excluding hydrogens is 276 g/mol. The summed E-state index contributed by atoms with van der Waals surface area (Å²) in [6, 6.07) is 6.46. The van der Waals surface area contributed by atoms with Crippen molar-refractivity contribution in [2.75, 3.05) is 7.11 Å². The van der Waals surface area contributed by atoms with Gasteiger partial charge < -0.3 is 9.84 Å². The smallest absolute Gasteiger partial charge is 0.167 e. The van der Waals surface area contributed by atoms with Crippen LogP contribution in [0.4, 0.5) is 0 Å². The maximum Gasteiger partial charge on any atom is 0.167 e. The van der Waals surface area contributed by atoms with Crippen molar-refractivity contribution in [2.45, 2.75) is 51.0 Å². The zero-order valence-electron chi connectivity index (χ0n) is 13.3. The summed E-state index contributed by atoms with van der Waals surface area (Å²) in [6.45, 7) is 2.09. The predicted octanol–water partition coefficient (Wildman–Crippen LogP) is 3.09. The Kier molecular flexibility index (Phi) is 3.12. The molecule has 2 saturated carbocycles. The number of carbonyl (C=O) groups excluding carboxylic acids is 1. The summed E-state index contributed by atoms with van der Waals surface area (Å²) >= 11 is 0. The molecule has 1 aromatic carbocycles. The highest BCUT2D eigenvalue weighted by Gasteiger charge is 2.57. The van der Waals surface area contributed by atoms with Crippen LogP contribution in [0.2, 0.25) is 0 Å². The number of aliphatic hydroxyl groups excluding tert-OH is 1. The molecule has 0 bridgehead atoms. The van der Waals surface area contributed by atoms with E-state index in [2.05, 4.69) is 25.1 Å². The number of ether oxygens (including phenoxy) is 1. The second kappa shape index (κ2) is 4.82. The third-order valence-corrected chi connectivity index (χ3v) is 6.67. The minimum absolute atomic E-state index is 0.0940. The van der Waals surface area contributed by atoms with Crippen LogP contribution in [0.1, 0.15) is 49.7 Å². The SMILES string of the molecule is COc1ccc2c(c1)CC[C@@H]1[C@@H]2CC[C@]2(C)C(=O)[C@H](O)C[C@H]12. The van der Waals surface area contributed by atoms with E-state index >= 15 is 0 Å². The number of methoxy groups -OCH3 is 1. The fraction of sp³-hybridized carbons (Fsp3) is 0.632.